The Kier molecular flexibility index (Phi) is 7.14. The molecule has 0 spiro atoms. The Bertz CT molecular complexity index is 976. The second kappa shape index (κ2) is 9.78. The molecular weight excluding hydrogens is 415 g/mol. The molecule has 144 valence electrons. The molecule has 1 N–H and O–H groups in total. The minimum absolute atomic E-state index is 0.166. The number of benzene rings is 2. The number of allylic oxidation sites excluding steroid dienone is 1. The number of halogens is 2. The van der Waals surface area contributed by atoms with E-state index in [1.165, 1.54) is 11.8 Å². The lowest BCUT2D eigenvalue weighted by molar-refractivity contribution is -0.113. The van der Waals surface area contributed by atoms with Gasteiger partial charge in [0.05, 0.1) is 15.8 Å². The lowest BCUT2D eigenvalue weighted by atomic mass is 10.1. The van der Waals surface area contributed by atoms with Crippen LogP contribution in [0, 0.1) is 0 Å². The topological polar surface area (TPSA) is 59.8 Å². The van der Waals surface area contributed by atoms with Gasteiger partial charge in [0.1, 0.15) is 5.82 Å². The molecule has 3 aromatic rings. The third-order valence-electron chi connectivity index (χ3n) is 3.85. The molecule has 0 fully saturated rings. The van der Waals surface area contributed by atoms with Crippen LogP contribution in [0.25, 0.3) is 0 Å². The van der Waals surface area contributed by atoms with Crippen LogP contribution in [-0.4, -0.2) is 26.4 Å². The fraction of sp³-hybridized carbons (Fsp3) is 0.150. The summed E-state index contributed by atoms with van der Waals surface area (Å²) >= 11 is 13.2. The van der Waals surface area contributed by atoms with Gasteiger partial charge >= 0.3 is 0 Å². The Balaban J connectivity index is 1.65. The first-order chi connectivity index (χ1) is 13.6. The molecule has 0 bridgehead atoms. The fourth-order valence-electron chi connectivity index (χ4n) is 2.55. The lowest BCUT2D eigenvalue weighted by Crippen LogP contribution is -2.14. The first kappa shape index (κ1) is 20.5. The SMILES string of the molecule is C=CCn1c(Cc2ccccc2)nnc1SCC(=O)Nc1ccc(Cl)c(Cl)c1. The first-order valence-electron chi connectivity index (χ1n) is 8.51. The van der Waals surface area contributed by atoms with Gasteiger partial charge in [-0.2, -0.15) is 0 Å². The third kappa shape index (κ3) is 5.38. The Morgan fingerprint density at radius 1 is 1.14 bits per heavy atom. The summed E-state index contributed by atoms with van der Waals surface area (Å²) in [5.41, 5.74) is 1.74. The highest BCUT2D eigenvalue weighted by molar-refractivity contribution is 7.99. The van der Waals surface area contributed by atoms with Gasteiger partial charge in [-0.3, -0.25) is 4.79 Å². The Morgan fingerprint density at radius 3 is 2.64 bits per heavy atom. The maximum absolute atomic E-state index is 12.3. The van der Waals surface area contributed by atoms with Crippen molar-refractivity contribution in [2.45, 2.75) is 18.1 Å². The largest absolute Gasteiger partial charge is 0.325 e. The van der Waals surface area contributed by atoms with Gasteiger partial charge in [0, 0.05) is 18.7 Å². The molecule has 8 heteroatoms. The van der Waals surface area contributed by atoms with Crippen molar-refractivity contribution in [1.82, 2.24) is 14.8 Å². The van der Waals surface area contributed by atoms with E-state index in [2.05, 4.69) is 22.1 Å². The smallest absolute Gasteiger partial charge is 0.234 e. The van der Waals surface area contributed by atoms with Crippen LogP contribution in [0.1, 0.15) is 11.4 Å². The highest BCUT2D eigenvalue weighted by Crippen LogP contribution is 2.25. The molecule has 5 nitrogen and oxygen atoms in total. The molecule has 1 aromatic heterocycles. The van der Waals surface area contributed by atoms with E-state index in [-0.39, 0.29) is 11.7 Å². The van der Waals surface area contributed by atoms with E-state index in [0.29, 0.717) is 33.9 Å². The van der Waals surface area contributed by atoms with E-state index in [4.69, 9.17) is 23.2 Å². The summed E-state index contributed by atoms with van der Waals surface area (Å²) in [6, 6.07) is 15.0. The molecule has 0 saturated heterocycles. The number of aromatic nitrogens is 3. The van der Waals surface area contributed by atoms with Crippen molar-refractivity contribution in [3.05, 3.63) is 82.6 Å². The van der Waals surface area contributed by atoms with Gasteiger partial charge < -0.3 is 9.88 Å². The number of nitrogens with zero attached hydrogens (tertiary/aromatic N) is 3. The minimum Gasteiger partial charge on any atom is -0.325 e. The van der Waals surface area contributed by atoms with E-state index in [1.54, 1.807) is 24.3 Å². The molecule has 1 amide bonds. The molecule has 0 saturated carbocycles. The Hall–Kier alpha value is -2.28. The zero-order valence-corrected chi connectivity index (χ0v) is 17.3. The number of hydrogen-bond acceptors (Lipinski definition) is 4. The second-order valence-corrected chi connectivity index (χ2v) is 7.68. The highest BCUT2D eigenvalue weighted by atomic mass is 35.5. The monoisotopic (exact) mass is 432 g/mol. The summed E-state index contributed by atoms with van der Waals surface area (Å²) < 4.78 is 1.97. The van der Waals surface area contributed by atoms with E-state index in [1.807, 2.05) is 34.9 Å². The van der Waals surface area contributed by atoms with Crippen LogP contribution < -0.4 is 5.32 Å². The predicted octanol–water partition coefficient (Wildman–Crippen LogP) is 5.09. The van der Waals surface area contributed by atoms with Crippen molar-refractivity contribution in [3.8, 4) is 0 Å². The molecule has 0 unspecified atom stereocenters. The van der Waals surface area contributed by atoms with E-state index in [9.17, 15) is 4.79 Å². The average molecular weight is 433 g/mol. The maximum Gasteiger partial charge on any atom is 0.234 e. The summed E-state index contributed by atoms with van der Waals surface area (Å²) in [7, 11) is 0. The van der Waals surface area contributed by atoms with Crippen LogP contribution in [0.2, 0.25) is 10.0 Å². The van der Waals surface area contributed by atoms with Crippen LogP contribution >= 0.6 is 35.0 Å². The lowest BCUT2D eigenvalue weighted by Gasteiger charge is -2.08. The van der Waals surface area contributed by atoms with Gasteiger partial charge in [-0.25, -0.2) is 0 Å². The highest BCUT2D eigenvalue weighted by Gasteiger charge is 2.14. The van der Waals surface area contributed by atoms with Crippen LogP contribution in [0.5, 0.6) is 0 Å². The van der Waals surface area contributed by atoms with Crippen LogP contribution in [0.3, 0.4) is 0 Å². The molecule has 0 radical (unpaired) electrons. The summed E-state index contributed by atoms with van der Waals surface area (Å²) in [5, 5.41) is 12.8. The molecule has 3 rings (SSSR count). The van der Waals surface area contributed by atoms with Crippen molar-refractivity contribution < 1.29 is 4.79 Å². The third-order valence-corrected chi connectivity index (χ3v) is 5.55. The van der Waals surface area contributed by atoms with Crippen LogP contribution in [0.15, 0.2) is 66.3 Å². The quantitative estimate of drug-likeness (QED) is 0.397. The number of nitrogens with one attached hydrogen (secondary N) is 1. The molecule has 0 atom stereocenters. The van der Waals surface area contributed by atoms with E-state index in [0.717, 1.165) is 11.4 Å². The van der Waals surface area contributed by atoms with Crippen LogP contribution in [-0.2, 0) is 17.8 Å². The Labute approximate surface area is 177 Å². The standard InChI is InChI=1S/C20H18Cl2N4OS/c1-2-10-26-18(11-14-6-4-3-5-7-14)24-25-20(26)28-13-19(27)23-15-8-9-16(21)17(22)12-15/h2-9,12H,1,10-11,13H2,(H,23,27). The number of carbonyl (C=O) groups is 1. The molecule has 28 heavy (non-hydrogen) atoms. The summed E-state index contributed by atoms with van der Waals surface area (Å²) in [6.45, 7) is 4.38. The summed E-state index contributed by atoms with van der Waals surface area (Å²) in [6.07, 6.45) is 2.45. The van der Waals surface area contributed by atoms with Crippen molar-refractivity contribution in [2.75, 3.05) is 11.1 Å². The fourth-order valence-corrected chi connectivity index (χ4v) is 3.61. The zero-order chi connectivity index (χ0) is 19.9. The zero-order valence-electron chi connectivity index (χ0n) is 14.9. The van der Waals surface area contributed by atoms with Gasteiger partial charge in [0.15, 0.2) is 5.16 Å². The van der Waals surface area contributed by atoms with Crippen LogP contribution in [0.4, 0.5) is 5.69 Å². The van der Waals surface area contributed by atoms with E-state index < -0.39 is 0 Å². The van der Waals surface area contributed by atoms with Crippen molar-refractivity contribution >= 4 is 46.6 Å². The summed E-state index contributed by atoms with van der Waals surface area (Å²) in [4.78, 5) is 12.3. The number of anilines is 1. The molecule has 0 aliphatic carbocycles. The van der Waals surface area contributed by atoms with Crippen molar-refractivity contribution in [1.29, 1.82) is 0 Å². The second-order valence-electron chi connectivity index (χ2n) is 5.93. The van der Waals surface area contributed by atoms with E-state index >= 15 is 0 Å². The first-order valence-corrected chi connectivity index (χ1v) is 10.3. The van der Waals surface area contributed by atoms with Gasteiger partial charge in [0.25, 0.3) is 0 Å². The maximum atomic E-state index is 12.3. The van der Waals surface area contributed by atoms with Gasteiger partial charge in [-0.1, -0.05) is 71.4 Å². The average Bonchev–Trinajstić information content (AvgIpc) is 3.06. The number of carbonyl (C=O) groups excluding carboxylic acids is 1. The summed E-state index contributed by atoms with van der Waals surface area (Å²) in [5.74, 6) is 0.862. The molecule has 0 aliphatic heterocycles. The molecular formula is C20H18Cl2N4OS. The van der Waals surface area contributed by atoms with Crippen molar-refractivity contribution in [2.24, 2.45) is 0 Å². The van der Waals surface area contributed by atoms with Gasteiger partial charge in [-0.15, -0.1) is 16.8 Å². The number of amides is 1. The minimum atomic E-state index is -0.166. The number of thioether (sulfide) groups is 1. The van der Waals surface area contributed by atoms with Gasteiger partial charge in [0.2, 0.25) is 5.91 Å². The normalized spacial score (nSPS) is 10.6. The molecule has 2 aromatic carbocycles. The number of rotatable bonds is 8. The molecule has 1 heterocycles. The Morgan fingerprint density at radius 2 is 1.93 bits per heavy atom. The number of hydrogen-bond donors (Lipinski definition) is 1. The van der Waals surface area contributed by atoms with Gasteiger partial charge in [-0.05, 0) is 23.8 Å². The van der Waals surface area contributed by atoms with Crippen molar-refractivity contribution in [3.63, 3.8) is 0 Å². The predicted molar refractivity (Wildman–Crippen MR) is 115 cm³/mol. The molecule has 0 aliphatic rings.